The number of aliphatic hydroxyl groups is 1. The molecule has 8 heteroatoms. The van der Waals surface area contributed by atoms with Gasteiger partial charge in [0.15, 0.2) is 5.43 Å². The molecule has 0 saturated carbocycles. The zero-order valence-electron chi connectivity index (χ0n) is 24.0. The second-order valence-electron chi connectivity index (χ2n) is 10.1. The molecule has 0 aliphatic carbocycles. The predicted octanol–water partition coefficient (Wildman–Crippen LogP) is 4.27. The van der Waals surface area contributed by atoms with Crippen molar-refractivity contribution in [1.82, 2.24) is 0 Å². The van der Waals surface area contributed by atoms with Gasteiger partial charge in [0.25, 0.3) is 0 Å². The summed E-state index contributed by atoms with van der Waals surface area (Å²) in [5.41, 5.74) is 0.672. The first kappa shape index (κ1) is 32.4. The molecule has 0 aromatic carbocycles. The quantitative estimate of drug-likeness (QED) is 0.360. The molecule has 0 aliphatic heterocycles. The van der Waals surface area contributed by atoms with Crippen LogP contribution in [0.5, 0.6) is 0 Å². The van der Waals surface area contributed by atoms with E-state index in [2.05, 4.69) is 0 Å². The highest BCUT2D eigenvalue weighted by atomic mass is 16.5. The van der Waals surface area contributed by atoms with E-state index in [0.29, 0.717) is 23.3 Å². The van der Waals surface area contributed by atoms with E-state index in [4.69, 9.17) is 9.15 Å². The lowest BCUT2D eigenvalue weighted by atomic mass is 9.83. The number of hydrogen-bond donors (Lipinski definition) is 1. The summed E-state index contributed by atoms with van der Waals surface area (Å²) in [4.78, 5) is 63.7. The Hall–Kier alpha value is -2.61. The van der Waals surface area contributed by atoms with E-state index in [9.17, 15) is 29.1 Å². The van der Waals surface area contributed by atoms with Gasteiger partial charge < -0.3 is 14.3 Å². The van der Waals surface area contributed by atoms with Gasteiger partial charge in [0, 0.05) is 36.3 Å². The van der Waals surface area contributed by atoms with Crippen molar-refractivity contribution in [2.45, 2.75) is 107 Å². The molecule has 0 saturated heterocycles. The highest BCUT2D eigenvalue weighted by Crippen LogP contribution is 2.29. The molecule has 208 valence electrons. The summed E-state index contributed by atoms with van der Waals surface area (Å²) in [5, 5.41) is 10.9. The number of rotatable bonds is 14. The summed E-state index contributed by atoms with van der Waals surface area (Å²) in [7, 11) is 0. The van der Waals surface area contributed by atoms with Gasteiger partial charge in [0.05, 0.1) is 29.8 Å². The standard InChI is InChI=1S/C29H44O8/c1-11-21(30)14(4)27(15(5)22(31)12-2)37-29(35)20(10)26(34)17(7)25(33)19(9)28-18(8)24(32)16(6)23(13-3)36-28/h14-15,17,19-20,26-27,34H,11-13H2,1-10H3. The number of aliphatic hydroxyl groups excluding tert-OH is 1. The normalized spacial score (nSPS) is 17.2. The van der Waals surface area contributed by atoms with Gasteiger partial charge in [-0.1, -0.05) is 41.5 Å². The number of ketones is 3. The van der Waals surface area contributed by atoms with E-state index < -0.39 is 47.8 Å². The van der Waals surface area contributed by atoms with E-state index in [-0.39, 0.29) is 41.4 Å². The van der Waals surface area contributed by atoms with Gasteiger partial charge in [-0.3, -0.25) is 24.0 Å². The Balaban J connectivity index is 3.15. The second-order valence-corrected chi connectivity index (χ2v) is 10.1. The van der Waals surface area contributed by atoms with E-state index in [1.165, 1.54) is 13.8 Å². The lowest BCUT2D eigenvalue weighted by molar-refractivity contribution is -0.166. The average Bonchev–Trinajstić information content (AvgIpc) is 2.90. The maximum atomic E-state index is 13.3. The van der Waals surface area contributed by atoms with Gasteiger partial charge in [-0.25, -0.2) is 0 Å². The second kappa shape index (κ2) is 13.8. The Morgan fingerprint density at radius 3 is 1.73 bits per heavy atom. The third kappa shape index (κ3) is 7.24. The minimum atomic E-state index is -1.39. The van der Waals surface area contributed by atoms with Crippen molar-refractivity contribution in [3.05, 3.63) is 32.9 Å². The Kier molecular flexibility index (Phi) is 12.1. The number of carbonyl (C=O) groups is 4. The molecule has 0 spiro atoms. The molecule has 1 heterocycles. The van der Waals surface area contributed by atoms with Crippen LogP contribution < -0.4 is 5.43 Å². The van der Waals surface area contributed by atoms with Crippen LogP contribution in [0.3, 0.4) is 0 Å². The first-order chi connectivity index (χ1) is 17.2. The number of esters is 1. The molecule has 0 fully saturated rings. The summed E-state index contributed by atoms with van der Waals surface area (Å²) < 4.78 is 11.5. The molecule has 6 unspecified atom stereocenters. The maximum absolute atomic E-state index is 13.3. The van der Waals surface area contributed by atoms with Gasteiger partial charge in [0.2, 0.25) is 0 Å². The smallest absolute Gasteiger partial charge is 0.311 e. The summed E-state index contributed by atoms with van der Waals surface area (Å²) in [6.07, 6.45) is -1.39. The molecule has 6 atom stereocenters. The fourth-order valence-corrected chi connectivity index (χ4v) is 4.71. The van der Waals surface area contributed by atoms with E-state index in [1.807, 2.05) is 6.92 Å². The molecule has 0 radical (unpaired) electrons. The van der Waals surface area contributed by atoms with E-state index in [1.54, 1.807) is 48.5 Å². The van der Waals surface area contributed by atoms with Crippen LogP contribution in [0.1, 0.15) is 96.8 Å². The first-order valence-corrected chi connectivity index (χ1v) is 13.3. The molecule has 0 aliphatic rings. The van der Waals surface area contributed by atoms with Crippen molar-refractivity contribution < 1.29 is 33.4 Å². The van der Waals surface area contributed by atoms with Crippen LogP contribution in [0.25, 0.3) is 0 Å². The first-order valence-electron chi connectivity index (χ1n) is 13.3. The number of Topliss-reactive ketones (excluding diaryl/α,β-unsaturated/α-hetero) is 3. The van der Waals surface area contributed by atoms with Crippen molar-refractivity contribution in [3.8, 4) is 0 Å². The van der Waals surface area contributed by atoms with Crippen LogP contribution in [0.4, 0.5) is 0 Å². The highest BCUT2D eigenvalue weighted by molar-refractivity contribution is 5.88. The SMILES string of the molecule is CCC(=O)C(C)C(OC(=O)C(C)C(O)C(C)C(=O)C(C)c1oc(CC)c(C)c(=O)c1C)C(C)C(=O)CC. The molecule has 8 nitrogen and oxygen atoms in total. The monoisotopic (exact) mass is 520 g/mol. The summed E-state index contributed by atoms with van der Waals surface area (Å²) in [5.74, 6) is -4.96. The number of hydrogen-bond acceptors (Lipinski definition) is 8. The molecule has 1 aromatic heterocycles. The molecular weight excluding hydrogens is 476 g/mol. The van der Waals surface area contributed by atoms with Gasteiger partial charge in [-0.2, -0.15) is 0 Å². The van der Waals surface area contributed by atoms with Crippen LogP contribution in [-0.2, 0) is 30.3 Å². The lowest BCUT2D eigenvalue weighted by Crippen LogP contribution is -2.43. The van der Waals surface area contributed by atoms with Crippen LogP contribution in [-0.4, -0.2) is 40.6 Å². The summed E-state index contributed by atoms with van der Waals surface area (Å²) in [6, 6.07) is 0. The lowest BCUT2D eigenvalue weighted by Gasteiger charge is -2.31. The van der Waals surface area contributed by atoms with Gasteiger partial charge >= 0.3 is 5.97 Å². The van der Waals surface area contributed by atoms with Crippen molar-refractivity contribution >= 4 is 23.3 Å². The Morgan fingerprint density at radius 1 is 0.811 bits per heavy atom. The minimum absolute atomic E-state index is 0.138. The predicted molar refractivity (Wildman–Crippen MR) is 140 cm³/mol. The zero-order chi connectivity index (χ0) is 28.8. The summed E-state index contributed by atoms with van der Waals surface area (Å²) >= 11 is 0. The maximum Gasteiger partial charge on any atom is 0.311 e. The average molecular weight is 521 g/mol. The van der Waals surface area contributed by atoms with Gasteiger partial charge in [-0.15, -0.1) is 0 Å². The molecule has 1 N–H and O–H groups in total. The molecule has 1 rings (SSSR count). The Morgan fingerprint density at radius 2 is 1.30 bits per heavy atom. The number of carbonyl (C=O) groups excluding carboxylic acids is 4. The highest BCUT2D eigenvalue weighted by Gasteiger charge is 2.39. The number of aryl methyl sites for hydroxylation is 1. The third-order valence-electron chi connectivity index (χ3n) is 7.64. The Bertz CT molecular complexity index is 1030. The molecule has 1 aromatic rings. The summed E-state index contributed by atoms with van der Waals surface area (Å²) in [6.45, 7) is 16.4. The van der Waals surface area contributed by atoms with Crippen molar-refractivity contribution in [1.29, 1.82) is 0 Å². The largest absolute Gasteiger partial charge is 0.465 e. The van der Waals surface area contributed by atoms with Crippen LogP contribution in [0.15, 0.2) is 9.21 Å². The number of ether oxygens (including phenoxy) is 1. The molecule has 0 bridgehead atoms. The molecule has 37 heavy (non-hydrogen) atoms. The van der Waals surface area contributed by atoms with Gasteiger partial charge in [0.1, 0.15) is 35.0 Å². The zero-order valence-corrected chi connectivity index (χ0v) is 24.0. The van der Waals surface area contributed by atoms with Crippen molar-refractivity contribution in [3.63, 3.8) is 0 Å². The van der Waals surface area contributed by atoms with Crippen LogP contribution in [0, 0.1) is 37.5 Å². The fraction of sp³-hybridized carbons (Fsp3) is 0.690. The molecule has 0 amide bonds. The van der Waals surface area contributed by atoms with Crippen LogP contribution >= 0.6 is 0 Å². The van der Waals surface area contributed by atoms with E-state index in [0.717, 1.165) is 0 Å². The topological polar surface area (TPSA) is 128 Å². The van der Waals surface area contributed by atoms with Crippen molar-refractivity contribution in [2.75, 3.05) is 0 Å². The Labute approximate surface area is 220 Å². The minimum Gasteiger partial charge on any atom is -0.465 e. The van der Waals surface area contributed by atoms with Crippen LogP contribution in [0.2, 0.25) is 0 Å². The third-order valence-corrected chi connectivity index (χ3v) is 7.64. The van der Waals surface area contributed by atoms with Crippen molar-refractivity contribution in [2.24, 2.45) is 23.7 Å². The van der Waals surface area contributed by atoms with E-state index >= 15 is 0 Å². The van der Waals surface area contributed by atoms with Gasteiger partial charge in [-0.05, 0) is 27.7 Å². The fourth-order valence-electron chi connectivity index (χ4n) is 4.71. The molecular formula is C29H44O8.